The number of hydrogen-bond donors (Lipinski definition) is 2. The first-order chi connectivity index (χ1) is 3.66. The Morgan fingerprint density at radius 3 is 2.38 bits per heavy atom. The minimum Gasteiger partial charge on any atom is -0.316 e. The van der Waals surface area contributed by atoms with Crippen molar-refractivity contribution >= 4 is 10.2 Å². The molecule has 0 aromatic heterocycles. The van der Waals surface area contributed by atoms with Crippen LogP contribution in [0.5, 0.6) is 0 Å². The van der Waals surface area contributed by atoms with E-state index < -0.39 is 0 Å². The second kappa shape index (κ2) is 4.06. The topological polar surface area (TPSA) is 38.0 Å². The summed E-state index contributed by atoms with van der Waals surface area (Å²) >= 11 is 0. The van der Waals surface area contributed by atoms with Crippen molar-refractivity contribution in [3.05, 3.63) is 0 Å². The van der Waals surface area contributed by atoms with Gasteiger partial charge in [-0.3, -0.25) is 0 Å². The molecule has 0 aliphatic heterocycles. The van der Waals surface area contributed by atoms with Crippen LogP contribution in [0, 0.1) is 0 Å². The van der Waals surface area contributed by atoms with Gasteiger partial charge in [0.05, 0.1) is 6.17 Å². The maximum Gasteiger partial charge on any atom is 0.0516 e. The third-order valence-electron chi connectivity index (χ3n) is 0.872. The van der Waals surface area contributed by atoms with Gasteiger partial charge in [0.1, 0.15) is 0 Å². The van der Waals surface area contributed by atoms with Gasteiger partial charge in [0.15, 0.2) is 0 Å². The van der Waals surface area contributed by atoms with E-state index in [2.05, 4.69) is 22.5 Å². The first-order valence-corrected chi connectivity index (χ1v) is 3.47. The molecule has 0 saturated heterocycles. The van der Waals surface area contributed by atoms with Crippen LogP contribution in [0.25, 0.3) is 0 Å². The SMILES string of the molecule is CCC([Si])NC(C)N. The van der Waals surface area contributed by atoms with Crippen LogP contribution in [0.15, 0.2) is 0 Å². The van der Waals surface area contributed by atoms with Crippen LogP contribution in [0.3, 0.4) is 0 Å². The molecule has 0 aromatic rings. The quantitative estimate of drug-likeness (QED) is 0.408. The molecule has 0 rings (SSSR count). The minimum atomic E-state index is 0.0810. The molecule has 0 aliphatic rings. The Labute approximate surface area is 54.3 Å². The van der Waals surface area contributed by atoms with Crippen LogP contribution < -0.4 is 11.1 Å². The average Bonchev–Trinajstić information content (AvgIpc) is 1.65. The van der Waals surface area contributed by atoms with E-state index in [4.69, 9.17) is 5.73 Å². The van der Waals surface area contributed by atoms with E-state index in [1.54, 1.807) is 0 Å². The van der Waals surface area contributed by atoms with E-state index >= 15 is 0 Å². The summed E-state index contributed by atoms with van der Waals surface area (Å²) in [7, 11) is 3.43. The molecular weight excluding hydrogens is 116 g/mol. The van der Waals surface area contributed by atoms with Gasteiger partial charge >= 0.3 is 0 Å². The van der Waals surface area contributed by atoms with Crippen molar-refractivity contribution in [1.82, 2.24) is 5.32 Å². The second-order valence-electron chi connectivity index (χ2n) is 1.92. The van der Waals surface area contributed by atoms with E-state index in [9.17, 15) is 0 Å². The Kier molecular flexibility index (Phi) is 4.13. The fourth-order valence-electron chi connectivity index (χ4n) is 0.435. The summed E-state index contributed by atoms with van der Waals surface area (Å²) in [4.78, 5) is 0. The zero-order valence-electron chi connectivity index (χ0n) is 5.44. The predicted octanol–water partition coefficient (Wildman–Crippen LogP) is -0.215. The third-order valence-corrected chi connectivity index (χ3v) is 1.45. The summed E-state index contributed by atoms with van der Waals surface area (Å²) in [6, 6.07) is 0. The van der Waals surface area contributed by atoms with Crippen molar-refractivity contribution in [2.45, 2.75) is 32.1 Å². The van der Waals surface area contributed by atoms with E-state index in [-0.39, 0.29) is 6.17 Å². The molecule has 0 spiro atoms. The third kappa shape index (κ3) is 4.30. The van der Waals surface area contributed by atoms with Crippen molar-refractivity contribution in [2.75, 3.05) is 0 Å². The Bertz CT molecular complexity index is 56.4. The zero-order valence-corrected chi connectivity index (χ0v) is 6.44. The van der Waals surface area contributed by atoms with Gasteiger partial charge in [-0.05, 0) is 19.0 Å². The maximum absolute atomic E-state index is 5.43. The van der Waals surface area contributed by atoms with Gasteiger partial charge in [-0.25, -0.2) is 0 Å². The highest BCUT2D eigenvalue weighted by atomic mass is 28.1. The van der Waals surface area contributed by atoms with Crippen LogP contribution in [0.1, 0.15) is 20.3 Å². The largest absolute Gasteiger partial charge is 0.316 e. The summed E-state index contributed by atoms with van der Waals surface area (Å²) in [5.74, 6) is 0. The van der Waals surface area contributed by atoms with Crippen LogP contribution in [0.2, 0.25) is 0 Å². The van der Waals surface area contributed by atoms with Gasteiger partial charge < -0.3 is 11.1 Å². The molecule has 0 aliphatic carbocycles. The lowest BCUT2D eigenvalue weighted by molar-refractivity contribution is 0.529. The first-order valence-electron chi connectivity index (χ1n) is 2.89. The second-order valence-corrected chi connectivity index (χ2v) is 2.61. The van der Waals surface area contributed by atoms with Crippen molar-refractivity contribution in [1.29, 1.82) is 0 Å². The molecule has 3 heteroatoms. The molecular formula is C5H13N2Si. The van der Waals surface area contributed by atoms with E-state index in [1.165, 1.54) is 0 Å². The van der Waals surface area contributed by atoms with Crippen molar-refractivity contribution < 1.29 is 0 Å². The first kappa shape index (κ1) is 8.14. The Morgan fingerprint density at radius 2 is 2.25 bits per heavy atom. The molecule has 0 bridgehead atoms. The number of nitrogens with two attached hydrogens (primary N) is 1. The minimum absolute atomic E-state index is 0.0810. The Morgan fingerprint density at radius 1 is 1.75 bits per heavy atom. The zero-order chi connectivity index (χ0) is 6.57. The normalized spacial score (nSPS) is 18.0. The molecule has 8 heavy (non-hydrogen) atoms. The van der Waals surface area contributed by atoms with Crippen LogP contribution in [0.4, 0.5) is 0 Å². The molecule has 2 atom stereocenters. The van der Waals surface area contributed by atoms with Crippen molar-refractivity contribution in [2.24, 2.45) is 5.73 Å². The number of rotatable bonds is 3. The lowest BCUT2D eigenvalue weighted by atomic mass is 10.4. The smallest absolute Gasteiger partial charge is 0.0516 e. The Balaban J connectivity index is 3.10. The van der Waals surface area contributed by atoms with Gasteiger partial charge in [-0.1, -0.05) is 6.92 Å². The molecule has 3 radical (unpaired) electrons. The molecule has 3 N–H and O–H groups in total. The fourth-order valence-corrected chi connectivity index (χ4v) is 0.698. The van der Waals surface area contributed by atoms with Gasteiger partial charge in [-0.15, -0.1) is 0 Å². The van der Waals surface area contributed by atoms with Gasteiger partial charge in [-0.2, -0.15) is 0 Å². The standard InChI is InChI=1S/C5H13N2Si/c1-3-5(8)7-4(2)6/h4-5,7H,3,6H2,1-2H3. The molecule has 2 unspecified atom stereocenters. The average molecular weight is 129 g/mol. The predicted molar refractivity (Wildman–Crippen MR) is 36.6 cm³/mol. The van der Waals surface area contributed by atoms with Crippen LogP contribution in [-0.4, -0.2) is 22.1 Å². The summed E-state index contributed by atoms with van der Waals surface area (Å²) in [6.45, 7) is 4.01. The Hall–Kier alpha value is 0.137. The molecule has 0 fully saturated rings. The molecule has 0 saturated carbocycles. The molecule has 0 aromatic carbocycles. The van der Waals surface area contributed by atoms with Gasteiger partial charge in [0.25, 0.3) is 0 Å². The molecule has 0 heterocycles. The van der Waals surface area contributed by atoms with E-state index in [0.717, 1.165) is 6.42 Å². The monoisotopic (exact) mass is 129 g/mol. The fraction of sp³-hybridized carbons (Fsp3) is 1.00. The number of nitrogens with one attached hydrogen (secondary N) is 1. The van der Waals surface area contributed by atoms with Crippen molar-refractivity contribution in [3.8, 4) is 0 Å². The van der Waals surface area contributed by atoms with Gasteiger partial charge in [0, 0.05) is 10.2 Å². The number of hydrogen-bond acceptors (Lipinski definition) is 2. The van der Waals surface area contributed by atoms with Crippen molar-refractivity contribution in [3.63, 3.8) is 0 Å². The summed E-state index contributed by atoms with van der Waals surface area (Å²) in [5.41, 5.74) is 5.78. The van der Waals surface area contributed by atoms with E-state index in [1.807, 2.05) is 6.92 Å². The summed E-state index contributed by atoms with van der Waals surface area (Å²) in [6.07, 6.45) is 1.13. The highest BCUT2D eigenvalue weighted by molar-refractivity contribution is 6.11. The molecule has 47 valence electrons. The maximum atomic E-state index is 5.43. The summed E-state index contributed by atoms with van der Waals surface area (Å²) in [5, 5.41) is 3.08. The molecule has 2 nitrogen and oxygen atoms in total. The summed E-state index contributed by atoms with van der Waals surface area (Å²) < 4.78 is 0. The highest BCUT2D eigenvalue weighted by Gasteiger charge is 1.97. The lowest BCUT2D eigenvalue weighted by Crippen LogP contribution is -2.41. The lowest BCUT2D eigenvalue weighted by Gasteiger charge is -2.13. The van der Waals surface area contributed by atoms with Gasteiger partial charge in [0.2, 0.25) is 0 Å². The molecule has 0 amide bonds. The van der Waals surface area contributed by atoms with E-state index in [0.29, 0.717) is 5.67 Å². The van der Waals surface area contributed by atoms with Crippen LogP contribution in [-0.2, 0) is 0 Å². The van der Waals surface area contributed by atoms with Crippen LogP contribution >= 0.6 is 0 Å². The highest BCUT2D eigenvalue weighted by Crippen LogP contribution is 1.82.